The summed E-state index contributed by atoms with van der Waals surface area (Å²) in [6, 6.07) is 0.416. The van der Waals surface area contributed by atoms with Crippen LogP contribution in [0.15, 0.2) is 0 Å². The Morgan fingerprint density at radius 1 is 1.26 bits per heavy atom. The van der Waals surface area contributed by atoms with Gasteiger partial charge in [0, 0.05) is 20.3 Å². The average molecular weight is 271 g/mol. The molecule has 1 rings (SSSR count). The Labute approximate surface area is 119 Å². The fourth-order valence-electron chi connectivity index (χ4n) is 3.21. The molecule has 0 aliphatic heterocycles. The van der Waals surface area contributed by atoms with Gasteiger partial charge in [0.2, 0.25) is 0 Å². The lowest BCUT2D eigenvalue weighted by atomic mass is 9.73. The van der Waals surface area contributed by atoms with Crippen LogP contribution >= 0.6 is 0 Å². The molecule has 0 bridgehead atoms. The van der Waals surface area contributed by atoms with Crippen molar-refractivity contribution in [3.05, 3.63) is 0 Å². The Morgan fingerprint density at radius 2 is 1.84 bits per heavy atom. The molecular formula is C16H33NO2. The highest BCUT2D eigenvalue weighted by atomic mass is 16.5. The summed E-state index contributed by atoms with van der Waals surface area (Å²) in [5.41, 5.74) is -0.0307. The highest BCUT2D eigenvalue weighted by Crippen LogP contribution is 2.38. The molecule has 0 heterocycles. The Balaban J connectivity index is 2.65. The minimum absolute atomic E-state index is 0.0189. The molecule has 1 aliphatic carbocycles. The third-order valence-electron chi connectivity index (χ3n) is 5.10. The first-order valence-corrected chi connectivity index (χ1v) is 7.66. The summed E-state index contributed by atoms with van der Waals surface area (Å²) in [6.07, 6.45) is 7.04. The van der Waals surface area contributed by atoms with Gasteiger partial charge in [-0.1, -0.05) is 6.92 Å². The molecule has 0 spiro atoms. The van der Waals surface area contributed by atoms with Crippen molar-refractivity contribution < 1.29 is 9.47 Å². The van der Waals surface area contributed by atoms with Crippen LogP contribution in [0.5, 0.6) is 0 Å². The molecule has 0 aromatic heterocycles. The largest absolute Gasteiger partial charge is 0.379 e. The molecule has 1 aliphatic rings. The second kappa shape index (κ2) is 7.05. The summed E-state index contributed by atoms with van der Waals surface area (Å²) in [4.78, 5) is 0. The normalized spacial score (nSPS) is 30.3. The van der Waals surface area contributed by atoms with Gasteiger partial charge in [-0.25, -0.2) is 0 Å². The van der Waals surface area contributed by atoms with Gasteiger partial charge in [-0.2, -0.15) is 0 Å². The minimum atomic E-state index is -0.0496. The van der Waals surface area contributed by atoms with Gasteiger partial charge < -0.3 is 14.8 Å². The number of likely N-dealkylation sites (N-methyl/N-ethyl adjacent to an activating group) is 1. The highest BCUT2D eigenvalue weighted by molar-refractivity contribution is 4.96. The van der Waals surface area contributed by atoms with Gasteiger partial charge in [-0.15, -0.1) is 0 Å². The summed E-state index contributed by atoms with van der Waals surface area (Å²) >= 11 is 0. The maximum absolute atomic E-state index is 5.98. The quantitative estimate of drug-likeness (QED) is 0.770. The number of hydrogen-bond donors (Lipinski definition) is 1. The number of methoxy groups -OCH3 is 2. The lowest BCUT2D eigenvalue weighted by Crippen LogP contribution is -2.53. The van der Waals surface area contributed by atoms with E-state index >= 15 is 0 Å². The first kappa shape index (κ1) is 16.9. The van der Waals surface area contributed by atoms with Gasteiger partial charge >= 0.3 is 0 Å². The van der Waals surface area contributed by atoms with E-state index in [0.717, 1.165) is 18.8 Å². The van der Waals surface area contributed by atoms with Gasteiger partial charge in [-0.05, 0) is 65.3 Å². The topological polar surface area (TPSA) is 30.5 Å². The maximum atomic E-state index is 5.98. The molecule has 3 nitrogen and oxygen atoms in total. The van der Waals surface area contributed by atoms with Crippen molar-refractivity contribution in [2.75, 3.05) is 21.3 Å². The Hall–Kier alpha value is -0.120. The molecule has 0 aromatic rings. The van der Waals surface area contributed by atoms with Crippen LogP contribution in [0.25, 0.3) is 0 Å². The molecule has 1 N–H and O–H groups in total. The Morgan fingerprint density at radius 3 is 2.26 bits per heavy atom. The molecule has 1 unspecified atom stereocenters. The van der Waals surface area contributed by atoms with E-state index < -0.39 is 0 Å². The molecule has 0 aromatic carbocycles. The van der Waals surface area contributed by atoms with Crippen LogP contribution in [0.2, 0.25) is 0 Å². The molecule has 19 heavy (non-hydrogen) atoms. The van der Waals surface area contributed by atoms with Crippen molar-refractivity contribution in [3.8, 4) is 0 Å². The summed E-state index contributed by atoms with van der Waals surface area (Å²) in [7, 11) is 5.73. The van der Waals surface area contributed by atoms with Crippen molar-refractivity contribution in [3.63, 3.8) is 0 Å². The van der Waals surface area contributed by atoms with Crippen molar-refractivity contribution in [2.24, 2.45) is 5.92 Å². The van der Waals surface area contributed by atoms with Gasteiger partial charge in [0.15, 0.2) is 0 Å². The molecule has 0 radical (unpaired) electrons. The Bertz CT molecular complexity index is 257. The molecular weight excluding hydrogens is 238 g/mol. The summed E-state index contributed by atoms with van der Waals surface area (Å²) in [6.45, 7) is 6.66. The van der Waals surface area contributed by atoms with E-state index in [1.165, 1.54) is 25.7 Å². The van der Waals surface area contributed by atoms with E-state index in [9.17, 15) is 0 Å². The van der Waals surface area contributed by atoms with Crippen LogP contribution in [0, 0.1) is 5.92 Å². The molecule has 1 atom stereocenters. The van der Waals surface area contributed by atoms with E-state index in [1.54, 1.807) is 7.11 Å². The van der Waals surface area contributed by atoms with Crippen LogP contribution in [0.3, 0.4) is 0 Å². The molecule has 1 saturated carbocycles. The number of rotatable bonds is 7. The molecule has 0 amide bonds. The Kier molecular flexibility index (Phi) is 6.28. The lowest BCUT2D eigenvalue weighted by Gasteiger charge is -2.44. The average Bonchev–Trinajstić information content (AvgIpc) is 2.41. The maximum Gasteiger partial charge on any atom is 0.0831 e. The summed E-state index contributed by atoms with van der Waals surface area (Å²) in [5, 5.41) is 3.49. The molecule has 0 saturated heterocycles. The van der Waals surface area contributed by atoms with Crippen molar-refractivity contribution >= 4 is 0 Å². The second-order valence-corrected chi connectivity index (χ2v) is 6.80. The molecule has 3 heteroatoms. The van der Waals surface area contributed by atoms with E-state index in [1.807, 2.05) is 7.11 Å². The first-order valence-electron chi connectivity index (χ1n) is 7.66. The van der Waals surface area contributed by atoms with E-state index in [4.69, 9.17) is 9.47 Å². The van der Waals surface area contributed by atoms with Crippen molar-refractivity contribution in [2.45, 2.75) is 76.5 Å². The van der Waals surface area contributed by atoms with E-state index in [2.05, 4.69) is 33.1 Å². The predicted molar refractivity (Wildman–Crippen MR) is 80.5 cm³/mol. The van der Waals surface area contributed by atoms with Gasteiger partial charge in [0.05, 0.1) is 11.2 Å². The fourth-order valence-corrected chi connectivity index (χ4v) is 3.21. The molecule has 114 valence electrons. The fraction of sp³-hybridized carbons (Fsp3) is 1.00. The number of nitrogens with one attached hydrogen (secondary N) is 1. The first-order chi connectivity index (χ1) is 8.89. The summed E-state index contributed by atoms with van der Waals surface area (Å²) < 4.78 is 11.5. The van der Waals surface area contributed by atoms with Gasteiger partial charge in [0.25, 0.3) is 0 Å². The zero-order valence-corrected chi connectivity index (χ0v) is 13.7. The highest BCUT2D eigenvalue weighted by Gasteiger charge is 2.41. The lowest BCUT2D eigenvalue weighted by molar-refractivity contribution is -0.0806. The van der Waals surface area contributed by atoms with E-state index in [-0.39, 0.29) is 11.2 Å². The van der Waals surface area contributed by atoms with Crippen molar-refractivity contribution in [1.29, 1.82) is 0 Å². The monoisotopic (exact) mass is 271 g/mol. The zero-order valence-electron chi connectivity index (χ0n) is 13.7. The SMILES string of the molecule is CNC(CCC(C)(C)OC)C1(OC)CCC(C)CC1. The second-order valence-electron chi connectivity index (χ2n) is 6.80. The van der Waals surface area contributed by atoms with Crippen LogP contribution < -0.4 is 5.32 Å². The summed E-state index contributed by atoms with van der Waals surface area (Å²) in [5.74, 6) is 0.844. The minimum Gasteiger partial charge on any atom is -0.379 e. The van der Waals surface area contributed by atoms with Crippen molar-refractivity contribution in [1.82, 2.24) is 5.32 Å². The standard InChI is InChI=1S/C16H33NO2/c1-13-7-11-16(19-6,12-8-13)14(17-4)9-10-15(2,3)18-5/h13-14,17H,7-12H2,1-6H3. The smallest absolute Gasteiger partial charge is 0.0831 e. The van der Waals surface area contributed by atoms with Crippen LogP contribution in [0.1, 0.15) is 59.3 Å². The van der Waals surface area contributed by atoms with Crippen LogP contribution in [0.4, 0.5) is 0 Å². The van der Waals surface area contributed by atoms with Gasteiger partial charge in [-0.3, -0.25) is 0 Å². The number of ether oxygens (including phenoxy) is 2. The predicted octanol–water partition coefficient (Wildman–Crippen LogP) is 3.37. The van der Waals surface area contributed by atoms with Crippen LogP contribution in [-0.2, 0) is 9.47 Å². The zero-order chi connectivity index (χ0) is 14.5. The third-order valence-corrected chi connectivity index (χ3v) is 5.10. The van der Waals surface area contributed by atoms with E-state index in [0.29, 0.717) is 6.04 Å². The van der Waals surface area contributed by atoms with Gasteiger partial charge in [0.1, 0.15) is 0 Å². The van der Waals surface area contributed by atoms with Crippen LogP contribution in [-0.4, -0.2) is 38.5 Å². The number of hydrogen-bond acceptors (Lipinski definition) is 3. The third kappa shape index (κ3) is 4.44. The molecule has 1 fully saturated rings.